The van der Waals surface area contributed by atoms with Crippen LogP contribution in [0.15, 0.2) is 78.0 Å². The minimum Gasteiger partial charge on any atom is -0.308 e. The number of nitrogens with zero attached hydrogens (tertiary/aromatic N) is 7. The van der Waals surface area contributed by atoms with Crippen LogP contribution in [0.2, 0.25) is 0 Å². The van der Waals surface area contributed by atoms with Gasteiger partial charge in [-0.1, -0.05) is 50.2 Å². The molecule has 3 aromatic heterocycles. The number of rotatable bonds is 8. The molecule has 2 aromatic carbocycles. The summed E-state index contributed by atoms with van der Waals surface area (Å²) in [4.78, 5) is 25.3. The summed E-state index contributed by atoms with van der Waals surface area (Å²) in [6, 6.07) is 18.2. The number of benzene rings is 2. The van der Waals surface area contributed by atoms with Gasteiger partial charge < -0.3 is 4.90 Å². The fourth-order valence-electron chi connectivity index (χ4n) is 4.45. The molecule has 0 atom stereocenters. The van der Waals surface area contributed by atoms with Gasteiger partial charge in [0.25, 0.3) is 0 Å². The van der Waals surface area contributed by atoms with Gasteiger partial charge in [0.1, 0.15) is 5.52 Å². The van der Waals surface area contributed by atoms with Crippen molar-refractivity contribution in [1.29, 1.82) is 0 Å². The average Bonchev–Trinajstić information content (AvgIpc) is 3.50. The van der Waals surface area contributed by atoms with E-state index in [1.807, 2.05) is 67.4 Å². The number of imidazole rings is 1. The first-order valence-corrected chi connectivity index (χ1v) is 12.2. The van der Waals surface area contributed by atoms with Crippen LogP contribution in [0.25, 0.3) is 28.2 Å². The summed E-state index contributed by atoms with van der Waals surface area (Å²) in [5, 5.41) is 4.29. The highest BCUT2D eigenvalue weighted by Crippen LogP contribution is 2.27. The molecule has 0 spiro atoms. The van der Waals surface area contributed by atoms with Gasteiger partial charge in [-0.05, 0) is 49.3 Å². The van der Waals surface area contributed by atoms with Crippen LogP contribution in [0.5, 0.6) is 0 Å². The molecule has 0 bridgehead atoms. The fraction of sp³-hybridized carbons (Fsp3) is 0.286. The van der Waals surface area contributed by atoms with E-state index in [0.717, 1.165) is 28.9 Å². The van der Waals surface area contributed by atoms with Crippen LogP contribution in [0.1, 0.15) is 30.9 Å². The van der Waals surface area contributed by atoms with Crippen LogP contribution < -0.4 is 5.69 Å². The van der Waals surface area contributed by atoms with Crippen molar-refractivity contribution in [2.24, 2.45) is 0 Å². The molecule has 0 N–H and O–H groups in total. The Morgan fingerprint density at radius 3 is 2.44 bits per heavy atom. The molecule has 0 aliphatic heterocycles. The van der Waals surface area contributed by atoms with E-state index >= 15 is 0 Å². The highest BCUT2D eigenvalue weighted by atomic mass is 16.1. The Morgan fingerprint density at radius 1 is 0.972 bits per heavy atom. The second kappa shape index (κ2) is 9.91. The summed E-state index contributed by atoms with van der Waals surface area (Å²) in [7, 11) is 4.01. The first-order chi connectivity index (χ1) is 17.4. The van der Waals surface area contributed by atoms with Crippen LogP contribution >= 0.6 is 0 Å². The van der Waals surface area contributed by atoms with Crippen molar-refractivity contribution < 1.29 is 0 Å². The molecule has 8 nitrogen and oxygen atoms in total. The van der Waals surface area contributed by atoms with Gasteiger partial charge in [0.2, 0.25) is 0 Å². The molecular weight excluding hydrogens is 450 g/mol. The van der Waals surface area contributed by atoms with Crippen molar-refractivity contribution in [3.05, 3.63) is 94.8 Å². The van der Waals surface area contributed by atoms with Gasteiger partial charge in [0, 0.05) is 31.0 Å². The molecule has 0 saturated carbocycles. The molecule has 0 aliphatic carbocycles. The quantitative estimate of drug-likeness (QED) is 0.332. The van der Waals surface area contributed by atoms with Gasteiger partial charge in [-0.2, -0.15) is 5.10 Å². The van der Waals surface area contributed by atoms with Crippen molar-refractivity contribution in [2.45, 2.75) is 32.9 Å². The van der Waals surface area contributed by atoms with Gasteiger partial charge in [0.05, 0.1) is 18.4 Å². The van der Waals surface area contributed by atoms with E-state index < -0.39 is 0 Å². The van der Waals surface area contributed by atoms with Gasteiger partial charge >= 0.3 is 5.69 Å². The van der Waals surface area contributed by atoms with Gasteiger partial charge in [-0.15, -0.1) is 0 Å². The van der Waals surface area contributed by atoms with Crippen molar-refractivity contribution in [1.82, 2.24) is 33.8 Å². The molecule has 5 aromatic rings. The van der Waals surface area contributed by atoms with Gasteiger partial charge in [-0.3, -0.25) is 9.13 Å². The van der Waals surface area contributed by atoms with E-state index in [-0.39, 0.29) is 5.69 Å². The molecule has 0 unspecified atom stereocenters. The lowest BCUT2D eigenvalue weighted by Gasteiger charge is -2.12. The summed E-state index contributed by atoms with van der Waals surface area (Å²) >= 11 is 0. The van der Waals surface area contributed by atoms with E-state index in [0.29, 0.717) is 30.5 Å². The monoisotopic (exact) mass is 481 g/mol. The first-order valence-electron chi connectivity index (χ1n) is 12.2. The lowest BCUT2D eigenvalue weighted by molar-refractivity contribution is 0.382. The van der Waals surface area contributed by atoms with Crippen LogP contribution in [-0.2, 0) is 13.1 Å². The first kappa shape index (κ1) is 23.7. The topological polar surface area (TPSA) is 73.8 Å². The van der Waals surface area contributed by atoms with E-state index in [2.05, 4.69) is 36.0 Å². The Labute approximate surface area is 210 Å². The zero-order chi connectivity index (χ0) is 25.2. The lowest BCUT2D eigenvalue weighted by Crippen LogP contribution is -2.28. The molecule has 0 fully saturated rings. The number of hydrogen-bond acceptors (Lipinski definition) is 5. The largest absolute Gasteiger partial charge is 0.330 e. The summed E-state index contributed by atoms with van der Waals surface area (Å²) < 4.78 is 5.36. The van der Waals surface area contributed by atoms with Crippen LogP contribution in [0.4, 0.5) is 0 Å². The summed E-state index contributed by atoms with van der Waals surface area (Å²) in [5.41, 5.74) is 5.50. The number of aromatic nitrogens is 6. The van der Waals surface area contributed by atoms with Crippen molar-refractivity contribution in [3.8, 4) is 17.1 Å². The molecule has 0 saturated heterocycles. The molecule has 0 amide bonds. The molecular formula is C28H31N7O. The number of likely N-dealkylation sites (N-methyl/N-ethyl adjacent to an activating group) is 1. The maximum absolute atomic E-state index is 13.6. The third-order valence-electron chi connectivity index (χ3n) is 6.40. The molecule has 184 valence electrons. The maximum atomic E-state index is 13.6. The van der Waals surface area contributed by atoms with Gasteiger partial charge in [-0.25, -0.2) is 19.4 Å². The second-order valence-corrected chi connectivity index (χ2v) is 9.59. The minimum absolute atomic E-state index is 0.0772. The standard InChI is InChI=1S/C28H31N7O/c1-20(2)23-8-5-6-9-24(23)26-29-18-25-27(31-26)34(28(36)33(25)17-16-32(3)4)19-21-10-12-22(13-11-21)35-15-7-14-30-35/h5-15,18,20H,16-17,19H2,1-4H3. The van der Waals surface area contributed by atoms with Gasteiger partial charge in [0.15, 0.2) is 11.5 Å². The fourth-order valence-corrected chi connectivity index (χ4v) is 4.45. The Hall–Kier alpha value is -4.04. The molecule has 36 heavy (non-hydrogen) atoms. The minimum atomic E-state index is -0.0772. The third kappa shape index (κ3) is 4.59. The van der Waals surface area contributed by atoms with Crippen molar-refractivity contribution >= 4 is 11.2 Å². The Balaban J connectivity index is 1.60. The Morgan fingerprint density at radius 2 is 1.75 bits per heavy atom. The maximum Gasteiger partial charge on any atom is 0.330 e. The molecule has 5 rings (SSSR count). The third-order valence-corrected chi connectivity index (χ3v) is 6.40. The Kier molecular flexibility index (Phi) is 6.52. The summed E-state index contributed by atoms with van der Waals surface area (Å²) in [6.07, 6.45) is 5.46. The lowest BCUT2D eigenvalue weighted by atomic mass is 9.97. The second-order valence-electron chi connectivity index (χ2n) is 9.59. The normalized spacial score (nSPS) is 11.7. The summed E-state index contributed by atoms with van der Waals surface area (Å²) in [6.45, 7) is 6.07. The van der Waals surface area contributed by atoms with Crippen LogP contribution in [0.3, 0.4) is 0 Å². The zero-order valence-corrected chi connectivity index (χ0v) is 21.2. The molecule has 0 radical (unpaired) electrons. The number of fused-ring (bicyclic) bond motifs is 1. The Bertz CT molecular complexity index is 1530. The zero-order valence-electron chi connectivity index (χ0n) is 21.2. The van der Waals surface area contributed by atoms with E-state index in [1.54, 1.807) is 21.5 Å². The SMILES string of the molecule is CC(C)c1ccccc1-c1ncc2c(n1)n(Cc1ccc(-n3cccn3)cc1)c(=O)n2CCN(C)C. The predicted octanol–water partition coefficient (Wildman–Crippen LogP) is 4.18. The molecule has 8 heteroatoms. The van der Waals surface area contributed by atoms with E-state index in [9.17, 15) is 4.79 Å². The smallest absolute Gasteiger partial charge is 0.308 e. The number of hydrogen-bond donors (Lipinski definition) is 0. The van der Waals surface area contributed by atoms with Crippen LogP contribution in [-0.4, -0.2) is 54.4 Å². The highest BCUT2D eigenvalue weighted by molar-refractivity contribution is 5.74. The highest BCUT2D eigenvalue weighted by Gasteiger charge is 2.18. The van der Waals surface area contributed by atoms with Crippen molar-refractivity contribution in [3.63, 3.8) is 0 Å². The molecule has 3 heterocycles. The summed E-state index contributed by atoms with van der Waals surface area (Å²) in [5.74, 6) is 0.972. The predicted molar refractivity (Wildman–Crippen MR) is 143 cm³/mol. The van der Waals surface area contributed by atoms with Crippen molar-refractivity contribution in [2.75, 3.05) is 20.6 Å². The van der Waals surface area contributed by atoms with E-state index in [1.165, 1.54) is 5.56 Å². The van der Waals surface area contributed by atoms with Crippen LogP contribution in [0, 0.1) is 0 Å². The average molecular weight is 482 g/mol. The molecule has 0 aliphatic rings. The van der Waals surface area contributed by atoms with E-state index in [4.69, 9.17) is 9.97 Å².